The topological polar surface area (TPSA) is 76.4 Å². The van der Waals surface area contributed by atoms with E-state index in [4.69, 9.17) is 9.84 Å². The van der Waals surface area contributed by atoms with Gasteiger partial charge in [0.25, 0.3) is 0 Å². The second kappa shape index (κ2) is 7.42. The van der Waals surface area contributed by atoms with Crippen molar-refractivity contribution in [2.75, 3.05) is 18.5 Å². The normalized spacial score (nSPS) is 10.9. The monoisotopic (exact) mass is 301 g/mol. The van der Waals surface area contributed by atoms with E-state index in [-0.39, 0.29) is 19.1 Å². The van der Waals surface area contributed by atoms with Crippen LogP contribution in [-0.4, -0.2) is 34.0 Å². The Morgan fingerprint density at radius 2 is 2.14 bits per heavy atom. The average molecular weight is 301 g/mol. The van der Waals surface area contributed by atoms with Gasteiger partial charge in [0.05, 0.1) is 12.8 Å². The van der Waals surface area contributed by atoms with Gasteiger partial charge in [0, 0.05) is 30.1 Å². The van der Waals surface area contributed by atoms with Crippen molar-refractivity contribution in [3.8, 4) is 5.75 Å². The van der Waals surface area contributed by atoms with E-state index in [1.807, 2.05) is 14.0 Å². The maximum absolute atomic E-state index is 11.9. The van der Waals surface area contributed by atoms with Gasteiger partial charge in [-0.15, -0.1) is 0 Å². The number of hydrogen-bond donors (Lipinski definition) is 2. The van der Waals surface area contributed by atoms with E-state index in [9.17, 15) is 4.79 Å². The maximum atomic E-state index is 11.9. The smallest absolute Gasteiger partial charge is 0.248 e. The number of amides is 1. The van der Waals surface area contributed by atoms with Crippen LogP contribution in [0.3, 0.4) is 0 Å². The molecule has 1 amide bonds. The number of aromatic nitrogens is 2. The summed E-state index contributed by atoms with van der Waals surface area (Å²) in [7, 11) is 1.85. The fourth-order valence-electron chi connectivity index (χ4n) is 1.83. The number of ether oxygens (including phenoxy) is 1. The molecule has 0 aliphatic rings. The maximum Gasteiger partial charge on any atom is 0.248 e. The zero-order valence-electron chi connectivity index (χ0n) is 12.6. The van der Waals surface area contributed by atoms with Gasteiger partial charge in [-0.2, -0.15) is 5.10 Å². The van der Waals surface area contributed by atoms with E-state index in [0.717, 1.165) is 11.3 Å². The fourth-order valence-corrected chi connectivity index (χ4v) is 1.83. The number of carbonyl (C=O) groups excluding carboxylic acids is 1. The van der Waals surface area contributed by atoms with E-state index >= 15 is 0 Å². The van der Waals surface area contributed by atoms with Crippen molar-refractivity contribution >= 4 is 17.7 Å². The van der Waals surface area contributed by atoms with Gasteiger partial charge in [-0.05, 0) is 37.3 Å². The number of aryl methyl sites for hydroxylation is 1. The molecule has 1 aromatic heterocycles. The van der Waals surface area contributed by atoms with E-state index in [0.29, 0.717) is 11.4 Å². The highest BCUT2D eigenvalue weighted by Gasteiger charge is 2.02. The molecular weight excluding hydrogens is 282 g/mol. The molecule has 6 heteroatoms. The number of nitrogens with one attached hydrogen (secondary N) is 1. The third kappa shape index (κ3) is 4.20. The molecule has 0 aliphatic heterocycles. The van der Waals surface area contributed by atoms with Crippen molar-refractivity contribution in [3.63, 3.8) is 0 Å². The first-order valence-corrected chi connectivity index (χ1v) is 6.91. The minimum atomic E-state index is -0.215. The third-order valence-electron chi connectivity index (χ3n) is 3.17. The van der Waals surface area contributed by atoms with Crippen molar-refractivity contribution in [1.82, 2.24) is 9.78 Å². The Hall–Kier alpha value is -2.60. The SMILES string of the molecule is Cc1c(/C=C/C(=O)Nc2ccc(OCCO)cc2)cnn1C. The molecule has 0 fully saturated rings. The Balaban J connectivity index is 1.93. The number of anilines is 1. The number of aliphatic hydroxyl groups excluding tert-OH is 1. The highest BCUT2D eigenvalue weighted by Crippen LogP contribution is 2.15. The quantitative estimate of drug-likeness (QED) is 0.797. The van der Waals surface area contributed by atoms with E-state index in [2.05, 4.69) is 10.4 Å². The lowest BCUT2D eigenvalue weighted by molar-refractivity contribution is -0.111. The number of hydrogen-bond acceptors (Lipinski definition) is 4. The Labute approximate surface area is 129 Å². The Kier molecular flexibility index (Phi) is 5.32. The molecule has 0 saturated carbocycles. The zero-order chi connectivity index (χ0) is 15.9. The van der Waals surface area contributed by atoms with Crippen molar-refractivity contribution in [1.29, 1.82) is 0 Å². The molecule has 22 heavy (non-hydrogen) atoms. The van der Waals surface area contributed by atoms with Gasteiger partial charge in [0.15, 0.2) is 0 Å². The largest absolute Gasteiger partial charge is 0.491 e. The summed E-state index contributed by atoms with van der Waals surface area (Å²) >= 11 is 0. The zero-order valence-corrected chi connectivity index (χ0v) is 12.6. The van der Waals surface area contributed by atoms with Crippen LogP contribution in [0, 0.1) is 6.92 Å². The molecular formula is C16H19N3O3. The summed E-state index contributed by atoms with van der Waals surface area (Å²) in [5.74, 6) is 0.431. The Morgan fingerprint density at radius 3 is 2.73 bits per heavy atom. The molecule has 0 atom stereocenters. The summed E-state index contributed by atoms with van der Waals surface area (Å²) in [6, 6.07) is 6.96. The lowest BCUT2D eigenvalue weighted by Gasteiger charge is -2.06. The highest BCUT2D eigenvalue weighted by molar-refractivity contribution is 6.01. The second-order valence-corrected chi connectivity index (χ2v) is 4.73. The van der Waals surface area contributed by atoms with Crippen LogP contribution in [0.15, 0.2) is 36.5 Å². The summed E-state index contributed by atoms with van der Waals surface area (Å²) in [5, 5.41) is 15.6. The third-order valence-corrected chi connectivity index (χ3v) is 3.17. The molecule has 1 aromatic carbocycles. The molecule has 0 radical (unpaired) electrons. The molecule has 0 aliphatic carbocycles. The second-order valence-electron chi connectivity index (χ2n) is 4.73. The number of aliphatic hydroxyl groups is 1. The molecule has 2 N–H and O–H groups in total. The molecule has 6 nitrogen and oxygen atoms in total. The van der Waals surface area contributed by atoms with Gasteiger partial charge in [-0.1, -0.05) is 0 Å². The first-order chi connectivity index (χ1) is 10.6. The number of nitrogens with zero attached hydrogens (tertiary/aromatic N) is 2. The standard InChI is InChI=1S/C16H19N3O3/c1-12-13(11-17-19(12)2)3-8-16(21)18-14-4-6-15(7-5-14)22-10-9-20/h3-8,11,20H,9-10H2,1-2H3,(H,18,21)/b8-3+. The summed E-state index contributed by atoms with van der Waals surface area (Å²) in [5.41, 5.74) is 2.58. The molecule has 2 aromatic rings. The highest BCUT2D eigenvalue weighted by atomic mass is 16.5. The predicted octanol–water partition coefficient (Wildman–Crippen LogP) is 1.75. The van der Waals surface area contributed by atoms with Gasteiger partial charge >= 0.3 is 0 Å². The molecule has 2 rings (SSSR count). The molecule has 0 bridgehead atoms. The van der Waals surface area contributed by atoms with Crippen LogP contribution in [0.2, 0.25) is 0 Å². The van der Waals surface area contributed by atoms with Crippen molar-refractivity contribution in [2.24, 2.45) is 7.05 Å². The van der Waals surface area contributed by atoms with Crippen LogP contribution < -0.4 is 10.1 Å². The number of carbonyl (C=O) groups is 1. The summed E-state index contributed by atoms with van der Waals surface area (Å²) in [6.45, 7) is 2.16. The van der Waals surface area contributed by atoms with Crippen LogP contribution in [0.1, 0.15) is 11.3 Å². The minimum Gasteiger partial charge on any atom is -0.491 e. The van der Waals surface area contributed by atoms with E-state index in [1.54, 1.807) is 41.2 Å². The number of benzene rings is 1. The first kappa shape index (κ1) is 15.8. The van der Waals surface area contributed by atoms with Crippen molar-refractivity contribution in [3.05, 3.63) is 47.8 Å². The van der Waals surface area contributed by atoms with Crippen LogP contribution in [-0.2, 0) is 11.8 Å². The molecule has 0 spiro atoms. The average Bonchev–Trinajstić information content (AvgIpc) is 2.84. The molecule has 1 heterocycles. The molecule has 116 valence electrons. The lowest BCUT2D eigenvalue weighted by Crippen LogP contribution is -2.07. The van der Waals surface area contributed by atoms with E-state index in [1.165, 1.54) is 6.08 Å². The van der Waals surface area contributed by atoms with E-state index < -0.39 is 0 Å². The fraction of sp³-hybridized carbons (Fsp3) is 0.250. The Morgan fingerprint density at radius 1 is 1.41 bits per heavy atom. The van der Waals surface area contributed by atoms with Gasteiger partial charge in [0.1, 0.15) is 12.4 Å². The van der Waals surface area contributed by atoms with Gasteiger partial charge in [-0.25, -0.2) is 0 Å². The van der Waals surface area contributed by atoms with Crippen LogP contribution in [0.25, 0.3) is 6.08 Å². The van der Waals surface area contributed by atoms with Crippen LogP contribution in [0.5, 0.6) is 5.75 Å². The van der Waals surface area contributed by atoms with Gasteiger partial charge < -0.3 is 15.2 Å². The Bertz CT molecular complexity index is 660. The van der Waals surface area contributed by atoms with Crippen molar-refractivity contribution in [2.45, 2.75) is 6.92 Å². The molecule has 0 unspecified atom stereocenters. The summed E-state index contributed by atoms with van der Waals surface area (Å²) in [4.78, 5) is 11.9. The van der Waals surface area contributed by atoms with Crippen LogP contribution in [0.4, 0.5) is 5.69 Å². The summed E-state index contributed by atoms with van der Waals surface area (Å²) < 4.78 is 7.00. The van der Waals surface area contributed by atoms with Gasteiger partial charge in [-0.3, -0.25) is 9.48 Å². The molecule has 0 saturated heterocycles. The summed E-state index contributed by atoms with van der Waals surface area (Å²) in [6.07, 6.45) is 4.92. The minimum absolute atomic E-state index is 0.0307. The predicted molar refractivity (Wildman–Crippen MR) is 84.6 cm³/mol. The first-order valence-electron chi connectivity index (χ1n) is 6.91. The van der Waals surface area contributed by atoms with Gasteiger partial charge in [0.2, 0.25) is 5.91 Å². The lowest BCUT2D eigenvalue weighted by atomic mass is 10.2. The van der Waals surface area contributed by atoms with Crippen LogP contribution >= 0.6 is 0 Å². The number of rotatable bonds is 6. The van der Waals surface area contributed by atoms with Crippen molar-refractivity contribution < 1.29 is 14.6 Å².